The minimum absolute atomic E-state index is 0.0263. The fourth-order valence-electron chi connectivity index (χ4n) is 3.08. The third-order valence-corrected chi connectivity index (χ3v) is 5.43. The first kappa shape index (κ1) is 20.3. The maximum atomic E-state index is 12.8. The number of carbonyl (C=O) groups excluding carboxylic acids is 2. The highest BCUT2D eigenvalue weighted by atomic mass is 32.1. The van der Waals surface area contributed by atoms with Crippen molar-refractivity contribution in [1.82, 2.24) is 20.1 Å². The van der Waals surface area contributed by atoms with Crippen LogP contribution >= 0.6 is 11.3 Å². The Bertz CT molecular complexity index is 811. The van der Waals surface area contributed by atoms with E-state index in [4.69, 9.17) is 4.74 Å². The monoisotopic (exact) mass is 402 g/mol. The number of aromatic nitrogens is 1. The molecule has 0 aliphatic carbocycles. The molecule has 1 fully saturated rings. The number of hydrogen-bond donors (Lipinski definition) is 1. The Balaban J connectivity index is 1.55. The molecule has 1 aromatic heterocycles. The van der Waals surface area contributed by atoms with Gasteiger partial charge >= 0.3 is 0 Å². The molecular formula is C20H26N4O3S. The Labute approximate surface area is 169 Å². The normalized spacial score (nSPS) is 14.9. The Morgan fingerprint density at radius 1 is 1.18 bits per heavy atom. The Morgan fingerprint density at radius 3 is 2.46 bits per heavy atom. The van der Waals surface area contributed by atoms with E-state index in [0.717, 1.165) is 16.3 Å². The minimum atomic E-state index is -0.0534. The van der Waals surface area contributed by atoms with E-state index in [0.29, 0.717) is 38.4 Å². The summed E-state index contributed by atoms with van der Waals surface area (Å²) in [6, 6.07) is 7.78. The number of carbonyl (C=O) groups is 2. The molecule has 3 rings (SSSR count). The van der Waals surface area contributed by atoms with Gasteiger partial charge in [-0.05, 0) is 38.1 Å². The van der Waals surface area contributed by atoms with Crippen LogP contribution in [0.15, 0.2) is 29.6 Å². The van der Waals surface area contributed by atoms with Gasteiger partial charge in [-0.15, -0.1) is 11.3 Å². The third-order valence-electron chi connectivity index (χ3n) is 4.54. The average molecular weight is 403 g/mol. The first-order valence-electron chi connectivity index (χ1n) is 9.37. The number of methoxy groups -OCH3 is 1. The lowest BCUT2D eigenvalue weighted by Crippen LogP contribution is -2.51. The number of rotatable bonds is 6. The Morgan fingerprint density at radius 2 is 1.86 bits per heavy atom. The van der Waals surface area contributed by atoms with Gasteiger partial charge in [0.05, 0.1) is 13.7 Å². The maximum Gasteiger partial charge on any atom is 0.273 e. The van der Waals surface area contributed by atoms with Gasteiger partial charge in [0.25, 0.3) is 5.91 Å². The molecule has 1 aliphatic rings. The second-order valence-corrected chi connectivity index (χ2v) is 7.92. The molecule has 2 aromatic rings. The highest BCUT2D eigenvalue weighted by Gasteiger charge is 2.25. The van der Waals surface area contributed by atoms with Gasteiger partial charge < -0.3 is 15.0 Å². The van der Waals surface area contributed by atoms with Crippen molar-refractivity contribution in [3.8, 4) is 16.3 Å². The zero-order valence-corrected chi connectivity index (χ0v) is 17.3. The van der Waals surface area contributed by atoms with E-state index >= 15 is 0 Å². The molecule has 150 valence electrons. The molecule has 0 atom stereocenters. The molecule has 0 radical (unpaired) electrons. The van der Waals surface area contributed by atoms with Crippen molar-refractivity contribution >= 4 is 23.2 Å². The van der Waals surface area contributed by atoms with Gasteiger partial charge in [0.1, 0.15) is 16.5 Å². The molecule has 1 saturated heterocycles. The molecule has 2 amide bonds. The fraction of sp³-hybridized carbons (Fsp3) is 0.450. The van der Waals surface area contributed by atoms with Crippen molar-refractivity contribution in [2.24, 2.45) is 0 Å². The number of thiazole rings is 1. The number of piperazine rings is 1. The number of nitrogens with zero attached hydrogens (tertiary/aromatic N) is 3. The predicted octanol–water partition coefficient (Wildman–Crippen LogP) is 2.10. The molecule has 1 aromatic carbocycles. The van der Waals surface area contributed by atoms with Crippen LogP contribution in [-0.4, -0.2) is 72.5 Å². The Kier molecular flexibility index (Phi) is 6.64. The molecule has 2 heterocycles. The molecule has 1 aliphatic heterocycles. The fourth-order valence-corrected chi connectivity index (χ4v) is 3.88. The number of nitrogens with one attached hydrogen (secondary N) is 1. The van der Waals surface area contributed by atoms with Crippen LogP contribution in [0.5, 0.6) is 5.75 Å². The first-order valence-corrected chi connectivity index (χ1v) is 10.2. The molecule has 7 nitrogen and oxygen atoms in total. The lowest BCUT2D eigenvalue weighted by atomic mass is 10.2. The first-order chi connectivity index (χ1) is 13.5. The lowest BCUT2D eigenvalue weighted by Gasteiger charge is -2.34. The molecule has 28 heavy (non-hydrogen) atoms. The zero-order valence-electron chi connectivity index (χ0n) is 16.5. The van der Waals surface area contributed by atoms with E-state index in [-0.39, 0.29) is 17.9 Å². The highest BCUT2D eigenvalue weighted by Crippen LogP contribution is 2.26. The summed E-state index contributed by atoms with van der Waals surface area (Å²) in [6.45, 7) is 6.84. The Hall–Kier alpha value is -2.45. The number of hydrogen-bond acceptors (Lipinski definition) is 6. The summed E-state index contributed by atoms with van der Waals surface area (Å²) in [7, 11) is 1.63. The van der Waals surface area contributed by atoms with Crippen LogP contribution in [0.1, 0.15) is 24.3 Å². The van der Waals surface area contributed by atoms with Crippen molar-refractivity contribution < 1.29 is 14.3 Å². The largest absolute Gasteiger partial charge is 0.497 e. The van der Waals surface area contributed by atoms with E-state index < -0.39 is 0 Å². The number of benzene rings is 1. The van der Waals surface area contributed by atoms with Gasteiger partial charge in [-0.25, -0.2) is 4.98 Å². The average Bonchev–Trinajstić information content (AvgIpc) is 3.17. The van der Waals surface area contributed by atoms with Gasteiger partial charge in [0.2, 0.25) is 5.91 Å². The van der Waals surface area contributed by atoms with Crippen LogP contribution in [0.4, 0.5) is 0 Å². The third kappa shape index (κ3) is 5.08. The van der Waals surface area contributed by atoms with Gasteiger partial charge in [0.15, 0.2) is 0 Å². The summed E-state index contributed by atoms with van der Waals surface area (Å²) in [6.07, 6.45) is 0. The molecule has 1 N–H and O–H groups in total. The zero-order chi connectivity index (χ0) is 20.1. The number of amides is 2. The molecule has 0 saturated carbocycles. The standard InChI is InChI=1S/C20H26N4O3S/c1-14(2)21-18(25)12-23-8-10-24(11-9-23)20(26)17-13-28-19(22-17)15-4-6-16(27-3)7-5-15/h4-7,13-14H,8-12H2,1-3H3,(H,21,25). The van der Waals surface area contributed by atoms with E-state index in [1.165, 1.54) is 11.3 Å². The van der Waals surface area contributed by atoms with Crippen molar-refractivity contribution in [2.45, 2.75) is 19.9 Å². The second kappa shape index (κ2) is 9.16. The van der Waals surface area contributed by atoms with Crippen molar-refractivity contribution in [2.75, 3.05) is 39.8 Å². The topological polar surface area (TPSA) is 74.8 Å². The summed E-state index contributed by atoms with van der Waals surface area (Å²) in [5.74, 6) is 0.761. The van der Waals surface area contributed by atoms with E-state index in [1.807, 2.05) is 48.4 Å². The van der Waals surface area contributed by atoms with E-state index in [1.54, 1.807) is 7.11 Å². The molecule has 0 unspecified atom stereocenters. The smallest absolute Gasteiger partial charge is 0.273 e. The minimum Gasteiger partial charge on any atom is -0.497 e. The van der Waals surface area contributed by atoms with Crippen molar-refractivity contribution in [3.63, 3.8) is 0 Å². The van der Waals surface area contributed by atoms with E-state index in [2.05, 4.69) is 15.2 Å². The van der Waals surface area contributed by atoms with Crippen molar-refractivity contribution in [3.05, 3.63) is 35.3 Å². The van der Waals surface area contributed by atoms with Gasteiger partial charge in [-0.2, -0.15) is 0 Å². The summed E-state index contributed by atoms with van der Waals surface area (Å²) < 4.78 is 5.17. The van der Waals surface area contributed by atoms with Crippen LogP contribution in [0.25, 0.3) is 10.6 Å². The summed E-state index contributed by atoms with van der Waals surface area (Å²) in [5.41, 5.74) is 1.44. The van der Waals surface area contributed by atoms with Gasteiger partial charge in [-0.1, -0.05) is 0 Å². The second-order valence-electron chi connectivity index (χ2n) is 7.06. The van der Waals surface area contributed by atoms with E-state index in [9.17, 15) is 9.59 Å². The SMILES string of the molecule is COc1ccc(-c2nc(C(=O)N3CCN(CC(=O)NC(C)C)CC3)cs2)cc1. The van der Waals surface area contributed by atoms with Gasteiger partial charge in [-0.3, -0.25) is 14.5 Å². The molecule has 0 bridgehead atoms. The molecular weight excluding hydrogens is 376 g/mol. The van der Waals surface area contributed by atoms with Gasteiger partial charge in [0, 0.05) is 43.2 Å². The predicted molar refractivity (Wildman–Crippen MR) is 110 cm³/mol. The maximum absolute atomic E-state index is 12.8. The van der Waals surface area contributed by atoms with Crippen LogP contribution < -0.4 is 10.1 Å². The highest BCUT2D eigenvalue weighted by molar-refractivity contribution is 7.13. The van der Waals surface area contributed by atoms with Crippen molar-refractivity contribution in [1.29, 1.82) is 0 Å². The van der Waals surface area contributed by atoms with Crippen LogP contribution in [0.2, 0.25) is 0 Å². The number of ether oxygens (including phenoxy) is 1. The quantitative estimate of drug-likeness (QED) is 0.801. The lowest BCUT2D eigenvalue weighted by molar-refractivity contribution is -0.123. The van der Waals surface area contributed by atoms with Crippen LogP contribution in [0.3, 0.4) is 0 Å². The summed E-state index contributed by atoms with van der Waals surface area (Å²) in [5, 5.41) is 5.52. The summed E-state index contributed by atoms with van der Waals surface area (Å²) >= 11 is 1.46. The van der Waals surface area contributed by atoms with Crippen LogP contribution in [0, 0.1) is 0 Å². The molecule has 0 spiro atoms. The summed E-state index contributed by atoms with van der Waals surface area (Å²) in [4.78, 5) is 33.1. The molecule has 8 heteroatoms. The van der Waals surface area contributed by atoms with Crippen LogP contribution in [-0.2, 0) is 4.79 Å².